The summed E-state index contributed by atoms with van der Waals surface area (Å²) in [5.74, 6) is -1.67. The largest absolute Gasteiger partial charge is 0.480 e. The predicted octanol–water partition coefficient (Wildman–Crippen LogP) is 2.33. The molecule has 1 unspecified atom stereocenters. The van der Waals surface area contributed by atoms with Crippen molar-refractivity contribution in [3.8, 4) is 0 Å². The smallest absolute Gasteiger partial charge is 0.321 e. The summed E-state index contributed by atoms with van der Waals surface area (Å²) in [5.41, 5.74) is 15.9. The Kier molecular flexibility index (Phi) is 4.48. The van der Waals surface area contributed by atoms with Crippen LogP contribution in [0.3, 0.4) is 0 Å². The third-order valence-corrected chi connectivity index (χ3v) is 4.34. The number of aromatic nitrogens is 1. The van der Waals surface area contributed by atoms with Gasteiger partial charge in [0.05, 0.1) is 17.5 Å². The molecule has 1 atom stereocenters. The first-order chi connectivity index (χ1) is 12.2. The lowest BCUT2D eigenvalue weighted by molar-refractivity contribution is -0.140. The molecule has 0 spiro atoms. The number of nitrogen functional groups attached to an aromatic ring is 1. The molecule has 0 bridgehead atoms. The van der Waals surface area contributed by atoms with E-state index in [4.69, 9.17) is 16.6 Å². The molecule has 3 rings (SSSR count). The molecule has 3 aromatic rings. The topological polar surface area (TPSA) is 131 Å². The second-order valence-electron chi connectivity index (χ2n) is 6.45. The first kappa shape index (κ1) is 17.6. The minimum absolute atomic E-state index is 0.298. The predicted molar refractivity (Wildman–Crippen MR) is 102 cm³/mol. The van der Waals surface area contributed by atoms with E-state index in [1.54, 1.807) is 6.07 Å². The van der Waals surface area contributed by atoms with Crippen LogP contribution in [0.25, 0.3) is 21.8 Å². The van der Waals surface area contributed by atoms with Gasteiger partial charge >= 0.3 is 5.97 Å². The zero-order valence-electron chi connectivity index (χ0n) is 14.5. The summed E-state index contributed by atoms with van der Waals surface area (Å²) in [7, 11) is 0. The molecule has 0 aliphatic heterocycles. The van der Waals surface area contributed by atoms with Gasteiger partial charge in [-0.15, -0.1) is 0 Å². The van der Waals surface area contributed by atoms with E-state index in [1.807, 2.05) is 38.1 Å². The quantitative estimate of drug-likeness (QED) is 0.421. The van der Waals surface area contributed by atoms with Crippen LogP contribution in [0.5, 0.6) is 0 Å². The molecule has 0 radical (unpaired) electrons. The number of aliphatic carboxylic acids is 1. The van der Waals surface area contributed by atoms with Crippen LogP contribution in [0.15, 0.2) is 30.3 Å². The maximum absolute atomic E-state index is 12.0. The average molecular weight is 352 g/mol. The number of nitrogens with zero attached hydrogens (tertiary/aromatic N) is 1. The average Bonchev–Trinajstić information content (AvgIpc) is 2.55. The Morgan fingerprint density at radius 3 is 2.35 bits per heavy atom. The Morgan fingerprint density at radius 1 is 1.08 bits per heavy atom. The van der Waals surface area contributed by atoms with E-state index in [0.29, 0.717) is 16.9 Å². The highest BCUT2D eigenvalue weighted by Gasteiger charge is 2.17. The summed E-state index contributed by atoms with van der Waals surface area (Å²) in [5, 5.41) is 13.5. The molecule has 1 aromatic heterocycles. The minimum atomic E-state index is -1.23. The molecule has 0 aliphatic rings. The van der Waals surface area contributed by atoms with Crippen LogP contribution in [-0.4, -0.2) is 28.0 Å². The number of pyridine rings is 1. The number of aryl methyl sites for hydroxylation is 2. The Labute approximate surface area is 150 Å². The Hall–Kier alpha value is -3.19. The molecule has 0 saturated carbocycles. The standard InChI is InChI=1S/C19H20N4O3/c1-9-3-11-5-12-4-10(2)15(23-18(24)7-14(21)19(25)26)8-17(12)22-16(11)6-13(9)20/h3-6,8,14H,7,20-21H2,1-2H3,(H,23,24)(H,25,26). The van der Waals surface area contributed by atoms with Crippen LogP contribution in [0.4, 0.5) is 11.4 Å². The summed E-state index contributed by atoms with van der Waals surface area (Å²) >= 11 is 0. The molecule has 0 aliphatic carbocycles. The minimum Gasteiger partial charge on any atom is -0.480 e. The fourth-order valence-electron chi connectivity index (χ4n) is 2.80. The van der Waals surface area contributed by atoms with Crippen molar-refractivity contribution in [1.29, 1.82) is 0 Å². The van der Waals surface area contributed by atoms with Gasteiger partial charge in [-0.05, 0) is 55.3 Å². The molecule has 1 amide bonds. The zero-order valence-corrected chi connectivity index (χ0v) is 14.5. The maximum atomic E-state index is 12.0. The number of hydrogen-bond donors (Lipinski definition) is 4. The number of carbonyl (C=O) groups excluding carboxylic acids is 1. The van der Waals surface area contributed by atoms with Gasteiger partial charge in [0.25, 0.3) is 0 Å². The molecule has 1 heterocycles. The van der Waals surface area contributed by atoms with Crippen molar-refractivity contribution < 1.29 is 14.7 Å². The van der Waals surface area contributed by atoms with E-state index in [9.17, 15) is 9.59 Å². The van der Waals surface area contributed by atoms with Crippen LogP contribution in [-0.2, 0) is 9.59 Å². The van der Waals surface area contributed by atoms with E-state index < -0.39 is 17.9 Å². The number of benzene rings is 2. The second kappa shape index (κ2) is 6.61. The van der Waals surface area contributed by atoms with Crippen molar-refractivity contribution in [3.05, 3.63) is 41.5 Å². The fourth-order valence-corrected chi connectivity index (χ4v) is 2.80. The first-order valence-corrected chi connectivity index (χ1v) is 8.14. The first-order valence-electron chi connectivity index (χ1n) is 8.14. The Morgan fingerprint density at radius 2 is 1.69 bits per heavy atom. The molecule has 2 aromatic carbocycles. The summed E-state index contributed by atoms with van der Waals surface area (Å²) in [6.45, 7) is 3.81. The van der Waals surface area contributed by atoms with Gasteiger partial charge in [0.1, 0.15) is 6.04 Å². The number of carboxylic acid groups (broad SMARTS) is 1. The summed E-state index contributed by atoms with van der Waals surface area (Å²) < 4.78 is 0. The van der Waals surface area contributed by atoms with Gasteiger partial charge in [0, 0.05) is 22.1 Å². The van der Waals surface area contributed by atoms with Gasteiger partial charge in [-0.2, -0.15) is 0 Å². The number of anilines is 2. The van der Waals surface area contributed by atoms with Gasteiger partial charge in [-0.1, -0.05) is 0 Å². The van der Waals surface area contributed by atoms with E-state index in [2.05, 4.69) is 10.3 Å². The summed E-state index contributed by atoms with van der Waals surface area (Å²) in [4.78, 5) is 27.4. The molecule has 6 N–H and O–H groups in total. The number of nitrogens with two attached hydrogens (primary N) is 2. The molecular weight excluding hydrogens is 332 g/mol. The third kappa shape index (κ3) is 3.43. The van der Waals surface area contributed by atoms with Crippen molar-refractivity contribution in [2.24, 2.45) is 5.73 Å². The lowest BCUT2D eigenvalue weighted by Gasteiger charge is -2.12. The number of carbonyl (C=O) groups is 2. The number of hydrogen-bond acceptors (Lipinski definition) is 5. The lowest BCUT2D eigenvalue weighted by Crippen LogP contribution is -2.34. The molecule has 134 valence electrons. The van der Waals surface area contributed by atoms with E-state index in [0.717, 1.165) is 27.4 Å². The number of rotatable bonds is 4. The summed E-state index contributed by atoms with van der Waals surface area (Å²) in [6.07, 6.45) is -0.298. The molecule has 7 heteroatoms. The van der Waals surface area contributed by atoms with Crippen LogP contribution < -0.4 is 16.8 Å². The van der Waals surface area contributed by atoms with Crippen molar-refractivity contribution in [2.45, 2.75) is 26.3 Å². The number of nitrogens with one attached hydrogen (secondary N) is 1. The number of carboxylic acids is 1. The zero-order chi connectivity index (χ0) is 19.0. The molecule has 7 nitrogen and oxygen atoms in total. The number of fused-ring (bicyclic) bond motifs is 2. The lowest BCUT2D eigenvalue weighted by atomic mass is 10.0. The Balaban J connectivity index is 1.98. The van der Waals surface area contributed by atoms with Crippen LogP contribution in [0, 0.1) is 13.8 Å². The van der Waals surface area contributed by atoms with Crippen LogP contribution in [0.1, 0.15) is 17.5 Å². The monoisotopic (exact) mass is 352 g/mol. The van der Waals surface area contributed by atoms with Crippen molar-refractivity contribution >= 4 is 45.1 Å². The van der Waals surface area contributed by atoms with Crippen molar-refractivity contribution in [1.82, 2.24) is 4.98 Å². The molecule has 0 saturated heterocycles. The summed E-state index contributed by atoms with van der Waals surface area (Å²) in [6, 6.07) is 8.32. The highest BCUT2D eigenvalue weighted by molar-refractivity contribution is 5.99. The van der Waals surface area contributed by atoms with E-state index in [1.165, 1.54) is 0 Å². The second-order valence-corrected chi connectivity index (χ2v) is 6.45. The van der Waals surface area contributed by atoms with Gasteiger partial charge < -0.3 is 21.9 Å². The van der Waals surface area contributed by atoms with Gasteiger partial charge in [-0.3, -0.25) is 9.59 Å². The molecule has 26 heavy (non-hydrogen) atoms. The Bertz CT molecular complexity index is 1050. The normalized spacial score (nSPS) is 12.3. The molecular formula is C19H20N4O3. The van der Waals surface area contributed by atoms with Gasteiger partial charge in [0.15, 0.2) is 0 Å². The highest BCUT2D eigenvalue weighted by atomic mass is 16.4. The van der Waals surface area contributed by atoms with Gasteiger partial charge in [-0.25, -0.2) is 4.98 Å². The third-order valence-electron chi connectivity index (χ3n) is 4.34. The van der Waals surface area contributed by atoms with Crippen molar-refractivity contribution in [2.75, 3.05) is 11.1 Å². The van der Waals surface area contributed by atoms with Gasteiger partial charge in [0.2, 0.25) is 5.91 Å². The van der Waals surface area contributed by atoms with E-state index in [-0.39, 0.29) is 6.42 Å². The van der Waals surface area contributed by atoms with Crippen LogP contribution in [0.2, 0.25) is 0 Å². The number of amides is 1. The van der Waals surface area contributed by atoms with Crippen molar-refractivity contribution in [3.63, 3.8) is 0 Å². The fraction of sp³-hybridized carbons (Fsp3) is 0.211. The highest BCUT2D eigenvalue weighted by Crippen LogP contribution is 2.28. The van der Waals surface area contributed by atoms with E-state index >= 15 is 0 Å². The van der Waals surface area contributed by atoms with Crippen LogP contribution >= 0.6 is 0 Å². The SMILES string of the molecule is Cc1cc2cc3cc(C)c(NC(=O)CC(N)C(=O)O)cc3nc2cc1N. The maximum Gasteiger partial charge on any atom is 0.321 e. The molecule has 0 fully saturated rings.